The standard InChI is InChI=1S/C16H22BrNO2/c1-2-16(12-19)7-9-18(10-8-16)15(20)11-13-3-5-14(17)6-4-13/h3-6,19H,2,7-12H2,1H3. The number of hydrogen-bond acceptors (Lipinski definition) is 2. The first-order valence-corrected chi connectivity index (χ1v) is 8.01. The fourth-order valence-electron chi connectivity index (χ4n) is 2.74. The van der Waals surface area contributed by atoms with Crippen LogP contribution in [0.4, 0.5) is 0 Å². The summed E-state index contributed by atoms with van der Waals surface area (Å²) in [4.78, 5) is 14.2. The van der Waals surface area contributed by atoms with E-state index in [0.717, 1.165) is 42.4 Å². The van der Waals surface area contributed by atoms with Crippen molar-refractivity contribution in [2.24, 2.45) is 5.41 Å². The molecular formula is C16H22BrNO2. The van der Waals surface area contributed by atoms with Gasteiger partial charge in [0.25, 0.3) is 0 Å². The molecule has 1 heterocycles. The zero-order valence-corrected chi connectivity index (χ0v) is 13.5. The molecule has 1 saturated heterocycles. The normalized spacial score (nSPS) is 18.1. The number of aliphatic hydroxyl groups is 1. The fourth-order valence-corrected chi connectivity index (χ4v) is 3.01. The van der Waals surface area contributed by atoms with Gasteiger partial charge in [-0.25, -0.2) is 0 Å². The molecule has 3 nitrogen and oxygen atoms in total. The van der Waals surface area contributed by atoms with Crippen LogP contribution in [0.1, 0.15) is 31.7 Å². The maximum atomic E-state index is 12.3. The second-order valence-corrected chi connectivity index (χ2v) is 6.61. The highest BCUT2D eigenvalue weighted by molar-refractivity contribution is 9.10. The summed E-state index contributed by atoms with van der Waals surface area (Å²) in [5.74, 6) is 0.190. The quantitative estimate of drug-likeness (QED) is 0.915. The van der Waals surface area contributed by atoms with E-state index in [1.807, 2.05) is 29.2 Å². The van der Waals surface area contributed by atoms with Gasteiger partial charge in [0.15, 0.2) is 0 Å². The largest absolute Gasteiger partial charge is 0.396 e. The smallest absolute Gasteiger partial charge is 0.226 e. The third-order valence-electron chi connectivity index (χ3n) is 4.53. The summed E-state index contributed by atoms with van der Waals surface area (Å²) in [7, 11) is 0. The van der Waals surface area contributed by atoms with Crippen LogP contribution in [0.15, 0.2) is 28.7 Å². The molecule has 1 amide bonds. The molecule has 0 bridgehead atoms. The predicted molar refractivity (Wildman–Crippen MR) is 83.5 cm³/mol. The van der Waals surface area contributed by atoms with Gasteiger partial charge in [-0.05, 0) is 42.4 Å². The number of carbonyl (C=O) groups is 1. The van der Waals surface area contributed by atoms with E-state index >= 15 is 0 Å². The number of carbonyl (C=O) groups excluding carboxylic acids is 1. The van der Waals surface area contributed by atoms with Crippen molar-refractivity contribution in [2.45, 2.75) is 32.6 Å². The Morgan fingerprint density at radius 2 is 1.90 bits per heavy atom. The Balaban J connectivity index is 1.90. The first kappa shape index (κ1) is 15.5. The van der Waals surface area contributed by atoms with Crippen LogP contribution < -0.4 is 0 Å². The zero-order chi connectivity index (χ0) is 14.6. The monoisotopic (exact) mass is 339 g/mol. The number of piperidine rings is 1. The third-order valence-corrected chi connectivity index (χ3v) is 5.06. The lowest BCUT2D eigenvalue weighted by Gasteiger charge is -2.40. The third kappa shape index (κ3) is 3.61. The summed E-state index contributed by atoms with van der Waals surface area (Å²) in [6, 6.07) is 7.89. The summed E-state index contributed by atoms with van der Waals surface area (Å²) in [6.45, 7) is 3.89. The molecule has 0 saturated carbocycles. The number of likely N-dealkylation sites (tertiary alicyclic amines) is 1. The van der Waals surface area contributed by atoms with Gasteiger partial charge in [0.2, 0.25) is 5.91 Å². The molecule has 1 aromatic rings. The molecule has 0 radical (unpaired) electrons. The van der Waals surface area contributed by atoms with Crippen molar-refractivity contribution in [3.05, 3.63) is 34.3 Å². The number of halogens is 1. The molecule has 1 aliphatic heterocycles. The molecule has 1 fully saturated rings. The van der Waals surface area contributed by atoms with E-state index in [9.17, 15) is 9.90 Å². The minimum atomic E-state index is 0.0361. The SMILES string of the molecule is CCC1(CO)CCN(C(=O)Cc2ccc(Br)cc2)CC1. The van der Waals surface area contributed by atoms with Crippen molar-refractivity contribution in [1.82, 2.24) is 4.90 Å². The van der Waals surface area contributed by atoms with Gasteiger partial charge in [0, 0.05) is 24.2 Å². The van der Waals surface area contributed by atoms with Crippen molar-refractivity contribution in [2.75, 3.05) is 19.7 Å². The number of amides is 1. The van der Waals surface area contributed by atoms with Gasteiger partial charge < -0.3 is 10.0 Å². The van der Waals surface area contributed by atoms with Crippen molar-refractivity contribution < 1.29 is 9.90 Å². The summed E-state index contributed by atoms with van der Waals surface area (Å²) in [6.07, 6.45) is 3.27. The first-order chi connectivity index (χ1) is 9.58. The minimum Gasteiger partial charge on any atom is -0.396 e. The zero-order valence-electron chi connectivity index (χ0n) is 11.9. The molecule has 110 valence electrons. The molecule has 1 N–H and O–H groups in total. The molecule has 0 unspecified atom stereocenters. The predicted octanol–water partition coefficient (Wildman–Crippen LogP) is 3.00. The van der Waals surface area contributed by atoms with Gasteiger partial charge in [-0.2, -0.15) is 0 Å². The number of hydrogen-bond donors (Lipinski definition) is 1. The van der Waals surface area contributed by atoms with Crippen LogP contribution in [-0.4, -0.2) is 35.6 Å². The number of benzene rings is 1. The fraction of sp³-hybridized carbons (Fsp3) is 0.562. The Morgan fingerprint density at radius 1 is 1.30 bits per heavy atom. The maximum absolute atomic E-state index is 12.3. The van der Waals surface area contributed by atoms with Crippen LogP contribution in [0.2, 0.25) is 0 Å². The lowest BCUT2D eigenvalue weighted by molar-refractivity contribution is -0.133. The van der Waals surface area contributed by atoms with Gasteiger partial charge in [0.05, 0.1) is 6.42 Å². The number of rotatable bonds is 4. The second-order valence-electron chi connectivity index (χ2n) is 5.70. The molecule has 1 aliphatic rings. The summed E-state index contributed by atoms with van der Waals surface area (Å²) < 4.78 is 1.03. The highest BCUT2D eigenvalue weighted by atomic mass is 79.9. The Hall–Kier alpha value is -0.870. The molecule has 4 heteroatoms. The molecule has 20 heavy (non-hydrogen) atoms. The average molecular weight is 340 g/mol. The van der Waals surface area contributed by atoms with Crippen LogP contribution >= 0.6 is 15.9 Å². The Morgan fingerprint density at radius 3 is 2.40 bits per heavy atom. The first-order valence-electron chi connectivity index (χ1n) is 7.22. The van der Waals surface area contributed by atoms with E-state index in [4.69, 9.17) is 0 Å². The van der Waals surface area contributed by atoms with E-state index in [1.54, 1.807) is 0 Å². The highest BCUT2D eigenvalue weighted by Gasteiger charge is 2.33. The maximum Gasteiger partial charge on any atom is 0.226 e. The molecule has 0 spiro atoms. The van der Waals surface area contributed by atoms with Crippen LogP contribution in [-0.2, 0) is 11.2 Å². The Kier molecular flexibility index (Phi) is 5.22. The summed E-state index contributed by atoms with van der Waals surface area (Å²) >= 11 is 3.40. The summed E-state index contributed by atoms with van der Waals surface area (Å²) in [5, 5.41) is 9.52. The molecule has 1 aromatic carbocycles. The molecular weight excluding hydrogens is 318 g/mol. The van der Waals surface area contributed by atoms with Crippen molar-refractivity contribution in [3.63, 3.8) is 0 Å². The van der Waals surface area contributed by atoms with Crippen LogP contribution in [0.3, 0.4) is 0 Å². The van der Waals surface area contributed by atoms with E-state index in [2.05, 4.69) is 22.9 Å². The van der Waals surface area contributed by atoms with Crippen molar-refractivity contribution in [1.29, 1.82) is 0 Å². The molecule has 0 aliphatic carbocycles. The van der Waals surface area contributed by atoms with Crippen molar-refractivity contribution in [3.8, 4) is 0 Å². The van der Waals surface area contributed by atoms with E-state index in [1.165, 1.54) is 0 Å². The van der Waals surface area contributed by atoms with E-state index in [0.29, 0.717) is 6.42 Å². The van der Waals surface area contributed by atoms with Crippen LogP contribution in [0.5, 0.6) is 0 Å². The van der Waals surface area contributed by atoms with E-state index in [-0.39, 0.29) is 17.9 Å². The molecule has 2 rings (SSSR count). The minimum absolute atomic E-state index is 0.0361. The van der Waals surface area contributed by atoms with Crippen molar-refractivity contribution >= 4 is 21.8 Å². The Labute approximate surface area is 129 Å². The molecule has 0 aromatic heterocycles. The summed E-state index contributed by atoms with van der Waals surface area (Å²) in [5.41, 5.74) is 1.08. The van der Waals surface area contributed by atoms with Gasteiger partial charge in [-0.3, -0.25) is 4.79 Å². The lowest BCUT2D eigenvalue weighted by atomic mass is 9.77. The van der Waals surface area contributed by atoms with Crippen LogP contribution in [0.25, 0.3) is 0 Å². The van der Waals surface area contributed by atoms with Gasteiger partial charge in [0.1, 0.15) is 0 Å². The Bertz CT molecular complexity index is 444. The number of aliphatic hydroxyl groups excluding tert-OH is 1. The second kappa shape index (κ2) is 6.72. The number of nitrogens with zero attached hydrogens (tertiary/aromatic N) is 1. The van der Waals surface area contributed by atoms with Gasteiger partial charge in [-0.1, -0.05) is 35.0 Å². The lowest BCUT2D eigenvalue weighted by Crippen LogP contribution is -2.44. The van der Waals surface area contributed by atoms with E-state index < -0.39 is 0 Å². The topological polar surface area (TPSA) is 40.5 Å². The molecule has 0 atom stereocenters. The van der Waals surface area contributed by atoms with Crippen LogP contribution in [0, 0.1) is 5.41 Å². The van der Waals surface area contributed by atoms with Gasteiger partial charge >= 0.3 is 0 Å². The van der Waals surface area contributed by atoms with Gasteiger partial charge in [-0.15, -0.1) is 0 Å². The average Bonchev–Trinajstić information content (AvgIpc) is 2.49. The highest BCUT2D eigenvalue weighted by Crippen LogP contribution is 2.34.